The topological polar surface area (TPSA) is 49.2 Å². The van der Waals surface area contributed by atoms with Crippen LogP contribution in [0.1, 0.15) is 45.2 Å². The van der Waals surface area contributed by atoms with Gasteiger partial charge in [-0.15, -0.1) is 0 Å². The summed E-state index contributed by atoms with van der Waals surface area (Å²) in [5, 5.41) is 9.84. The van der Waals surface area contributed by atoms with Crippen molar-refractivity contribution in [1.82, 2.24) is 9.97 Å². The van der Waals surface area contributed by atoms with E-state index >= 15 is 0 Å². The van der Waals surface area contributed by atoms with Crippen LogP contribution in [0.15, 0.2) is 12.4 Å². The van der Waals surface area contributed by atoms with E-state index in [-0.39, 0.29) is 0 Å². The molecule has 1 saturated carbocycles. The van der Waals surface area contributed by atoms with Crippen LogP contribution in [0.4, 0.5) is 5.82 Å². The molecule has 0 radical (unpaired) electrons. The normalized spacial score (nSPS) is 23.9. The maximum Gasteiger partial charge on any atom is 0.147 e. The van der Waals surface area contributed by atoms with E-state index in [1.807, 2.05) is 19.3 Å². The second kappa shape index (κ2) is 3.67. The fourth-order valence-electron chi connectivity index (χ4n) is 3.51. The minimum Gasteiger partial charge on any atom is -0.390 e. The molecule has 1 spiro atoms. The van der Waals surface area contributed by atoms with Gasteiger partial charge in [0.25, 0.3) is 0 Å². The van der Waals surface area contributed by atoms with Gasteiger partial charge < -0.3 is 10.0 Å². The molecule has 2 fully saturated rings. The first kappa shape index (κ1) is 11.9. The molecule has 0 atom stereocenters. The van der Waals surface area contributed by atoms with E-state index in [1.54, 1.807) is 0 Å². The summed E-state index contributed by atoms with van der Waals surface area (Å²) in [6.45, 7) is 8.22. The van der Waals surface area contributed by atoms with Crippen molar-refractivity contribution in [3.63, 3.8) is 0 Å². The van der Waals surface area contributed by atoms with Crippen LogP contribution in [0.25, 0.3) is 0 Å². The van der Waals surface area contributed by atoms with E-state index < -0.39 is 5.60 Å². The summed E-state index contributed by atoms with van der Waals surface area (Å²) in [6.07, 6.45) is 5.54. The number of nitrogens with zero attached hydrogens (tertiary/aromatic N) is 3. The predicted octanol–water partition coefficient (Wildman–Crippen LogP) is 1.95. The van der Waals surface area contributed by atoms with Crippen molar-refractivity contribution < 1.29 is 5.11 Å². The predicted molar refractivity (Wildman–Crippen MR) is 70.6 cm³/mol. The van der Waals surface area contributed by atoms with Gasteiger partial charge in [0.2, 0.25) is 0 Å². The van der Waals surface area contributed by atoms with Gasteiger partial charge in [0, 0.05) is 24.7 Å². The molecular weight excluding hydrogens is 226 g/mol. The molecule has 1 aromatic rings. The van der Waals surface area contributed by atoms with Gasteiger partial charge >= 0.3 is 0 Å². The Bertz CT molecular complexity index is 454. The molecule has 2 heterocycles. The molecule has 4 heteroatoms. The maximum atomic E-state index is 9.84. The van der Waals surface area contributed by atoms with Crippen LogP contribution in [0.5, 0.6) is 0 Å². The Hall–Kier alpha value is -1.16. The standard InChI is InChI=1S/C14H21N3O/c1-10(2)11-4-15-5-12(16-11)17-8-14(9-17)6-13(3,18)7-14/h4-5,10,18H,6-9H2,1-3H3. The van der Waals surface area contributed by atoms with Gasteiger partial charge in [-0.2, -0.15) is 0 Å². The first-order chi connectivity index (χ1) is 8.39. The van der Waals surface area contributed by atoms with Gasteiger partial charge in [-0.3, -0.25) is 4.98 Å². The fourth-order valence-corrected chi connectivity index (χ4v) is 3.51. The van der Waals surface area contributed by atoms with Crippen LogP contribution in [-0.2, 0) is 0 Å². The van der Waals surface area contributed by atoms with Crippen molar-refractivity contribution in [2.24, 2.45) is 5.41 Å². The zero-order valence-electron chi connectivity index (χ0n) is 11.3. The number of hydrogen-bond donors (Lipinski definition) is 1. The average Bonchev–Trinajstić information content (AvgIpc) is 2.22. The molecule has 2 aliphatic rings. The lowest BCUT2D eigenvalue weighted by atomic mass is 9.56. The van der Waals surface area contributed by atoms with Crippen molar-refractivity contribution >= 4 is 5.82 Å². The number of rotatable bonds is 2. The summed E-state index contributed by atoms with van der Waals surface area (Å²) < 4.78 is 0. The van der Waals surface area contributed by atoms with Crippen LogP contribution < -0.4 is 4.90 Å². The molecule has 98 valence electrons. The summed E-state index contributed by atoms with van der Waals surface area (Å²) >= 11 is 0. The highest BCUT2D eigenvalue weighted by Crippen LogP contribution is 2.54. The lowest BCUT2D eigenvalue weighted by Gasteiger charge is -2.61. The van der Waals surface area contributed by atoms with Crippen molar-refractivity contribution in [1.29, 1.82) is 0 Å². The molecule has 1 aromatic heterocycles. The molecule has 0 amide bonds. The third kappa shape index (κ3) is 1.88. The highest BCUT2D eigenvalue weighted by Gasteiger charge is 2.57. The number of anilines is 1. The summed E-state index contributed by atoms with van der Waals surface area (Å²) in [5.41, 5.74) is 0.963. The molecule has 0 aromatic carbocycles. The molecule has 1 aliphatic heterocycles. The van der Waals surface area contributed by atoms with Gasteiger partial charge in [-0.05, 0) is 25.7 Å². The van der Waals surface area contributed by atoms with Crippen LogP contribution in [0.2, 0.25) is 0 Å². The lowest BCUT2D eigenvalue weighted by molar-refractivity contribution is -0.126. The van der Waals surface area contributed by atoms with Gasteiger partial charge in [0.1, 0.15) is 5.82 Å². The molecule has 0 unspecified atom stereocenters. The molecule has 3 rings (SSSR count). The van der Waals surface area contributed by atoms with Gasteiger partial charge in [-0.1, -0.05) is 13.8 Å². The van der Waals surface area contributed by atoms with E-state index in [9.17, 15) is 5.11 Å². The zero-order valence-corrected chi connectivity index (χ0v) is 11.3. The van der Waals surface area contributed by atoms with Crippen LogP contribution in [0.3, 0.4) is 0 Å². The number of aromatic nitrogens is 2. The van der Waals surface area contributed by atoms with Crippen LogP contribution in [0, 0.1) is 5.41 Å². The number of hydrogen-bond acceptors (Lipinski definition) is 4. The highest BCUT2D eigenvalue weighted by molar-refractivity contribution is 5.43. The van der Waals surface area contributed by atoms with E-state index in [0.29, 0.717) is 11.3 Å². The number of aliphatic hydroxyl groups is 1. The van der Waals surface area contributed by atoms with Crippen molar-refractivity contribution in [2.45, 2.75) is 45.1 Å². The second-order valence-corrected chi connectivity index (χ2v) is 6.66. The maximum absolute atomic E-state index is 9.84. The van der Waals surface area contributed by atoms with E-state index in [1.165, 1.54) is 0 Å². The van der Waals surface area contributed by atoms with E-state index in [0.717, 1.165) is 37.4 Å². The van der Waals surface area contributed by atoms with Gasteiger partial charge in [0.15, 0.2) is 0 Å². The van der Waals surface area contributed by atoms with Crippen molar-refractivity contribution in [3.8, 4) is 0 Å². The Balaban J connectivity index is 1.67. The van der Waals surface area contributed by atoms with Gasteiger partial charge in [0.05, 0.1) is 17.5 Å². The summed E-state index contributed by atoms with van der Waals surface area (Å²) in [6, 6.07) is 0. The summed E-state index contributed by atoms with van der Waals surface area (Å²) in [5.74, 6) is 1.40. The summed E-state index contributed by atoms with van der Waals surface area (Å²) in [7, 11) is 0. The Morgan fingerprint density at radius 2 is 1.94 bits per heavy atom. The Morgan fingerprint density at radius 1 is 1.28 bits per heavy atom. The quantitative estimate of drug-likeness (QED) is 0.868. The zero-order chi connectivity index (χ0) is 13.0. The van der Waals surface area contributed by atoms with Crippen molar-refractivity contribution in [2.75, 3.05) is 18.0 Å². The smallest absolute Gasteiger partial charge is 0.147 e. The molecule has 1 saturated heterocycles. The minimum absolute atomic E-state index is 0.346. The largest absolute Gasteiger partial charge is 0.390 e. The lowest BCUT2D eigenvalue weighted by Crippen LogP contribution is -2.67. The minimum atomic E-state index is -0.433. The monoisotopic (exact) mass is 247 g/mol. The molecule has 18 heavy (non-hydrogen) atoms. The van der Waals surface area contributed by atoms with E-state index in [4.69, 9.17) is 0 Å². The molecule has 4 nitrogen and oxygen atoms in total. The Labute approximate surface area is 108 Å². The summed E-state index contributed by atoms with van der Waals surface area (Å²) in [4.78, 5) is 11.2. The van der Waals surface area contributed by atoms with Crippen LogP contribution in [-0.4, -0.2) is 33.8 Å². The SMILES string of the molecule is CC(C)c1cncc(N2CC3(C2)CC(C)(O)C3)n1. The molecule has 1 aliphatic carbocycles. The van der Waals surface area contributed by atoms with E-state index in [2.05, 4.69) is 28.7 Å². The Kier molecular flexibility index (Phi) is 2.43. The molecule has 1 N–H and O–H groups in total. The average molecular weight is 247 g/mol. The van der Waals surface area contributed by atoms with Crippen molar-refractivity contribution in [3.05, 3.63) is 18.1 Å². The first-order valence-electron chi connectivity index (χ1n) is 6.69. The molecule has 0 bridgehead atoms. The third-order valence-corrected chi connectivity index (χ3v) is 4.12. The fraction of sp³-hybridized carbons (Fsp3) is 0.714. The second-order valence-electron chi connectivity index (χ2n) is 6.66. The van der Waals surface area contributed by atoms with Crippen LogP contribution >= 0.6 is 0 Å². The van der Waals surface area contributed by atoms with Gasteiger partial charge in [-0.25, -0.2) is 4.98 Å². The first-order valence-corrected chi connectivity index (χ1v) is 6.69. The highest BCUT2D eigenvalue weighted by atomic mass is 16.3. The third-order valence-electron chi connectivity index (χ3n) is 4.12. The Morgan fingerprint density at radius 3 is 2.50 bits per heavy atom. The molecular formula is C14H21N3O.